The number of imidazole rings is 2. The first-order chi connectivity index (χ1) is 16.2. The van der Waals surface area contributed by atoms with Crippen LogP contribution < -0.4 is 5.32 Å². The molecular weight excluding hydrogens is 416 g/mol. The Morgan fingerprint density at radius 1 is 1.06 bits per heavy atom. The molecular formula is C24H22N8O. The molecule has 5 heterocycles. The summed E-state index contributed by atoms with van der Waals surface area (Å²) in [5, 5.41) is 3.35. The van der Waals surface area contributed by atoms with Gasteiger partial charge in [-0.05, 0) is 36.4 Å². The Bertz CT molecular complexity index is 1380. The van der Waals surface area contributed by atoms with Crippen LogP contribution in [0.4, 0.5) is 5.69 Å². The van der Waals surface area contributed by atoms with Gasteiger partial charge >= 0.3 is 0 Å². The molecule has 0 atom stereocenters. The molecule has 5 aromatic rings. The van der Waals surface area contributed by atoms with Gasteiger partial charge in [0.1, 0.15) is 12.0 Å². The summed E-state index contributed by atoms with van der Waals surface area (Å²) in [6.45, 7) is 0.940. The van der Waals surface area contributed by atoms with Gasteiger partial charge in [0.15, 0.2) is 0 Å². The highest BCUT2D eigenvalue weighted by Gasteiger charge is 2.18. The lowest BCUT2D eigenvalue weighted by Gasteiger charge is -2.15. The molecule has 0 saturated carbocycles. The standard InChI is InChI=1S/C24H22N8O/c1-30(15-19-7-2-4-11-26-19)23(33)21-16-31(17-28-21)24-29-20(22-9-3-5-12-32(22)24)14-27-18-8-6-10-25-13-18/h2-13,16-17,27H,14-15H2,1H3. The molecule has 33 heavy (non-hydrogen) atoms. The van der Waals surface area contributed by atoms with E-state index in [1.807, 2.05) is 59.1 Å². The average molecular weight is 438 g/mol. The molecule has 0 radical (unpaired) electrons. The van der Waals surface area contributed by atoms with Crippen LogP contribution in [0.1, 0.15) is 21.9 Å². The van der Waals surface area contributed by atoms with E-state index in [0.29, 0.717) is 24.7 Å². The number of hydrogen-bond donors (Lipinski definition) is 1. The molecule has 5 aromatic heterocycles. The number of anilines is 1. The molecule has 1 N–H and O–H groups in total. The van der Waals surface area contributed by atoms with Crippen LogP contribution in [0.2, 0.25) is 0 Å². The summed E-state index contributed by atoms with van der Waals surface area (Å²) in [6, 6.07) is 15.4. The highest BCUT2D eigenvalue weighted by atomic mass is 16.2. The quantitative estimate of drug-likeness (QED) is 0.420. The maximum absolute atomic E-state index is 12.9. The lowest BCUT2D eigenvalue weighted by atomic mass is 10.3. The maximum Gasteiger partial charge on any atom is 0.274 e. The van der Waals surface area contributed by atoms with E-state index in [9.17, 15) is 4.79 Å². The van der Waals surface area contributed by atoms with Gasteiger partial charge in [-0.1, -0.05) is 12.1 Å². The molecule has 0 spiro atoms. The molecule has 0 fully saturated rings. The van der Waals surface area contributed by atoms with Crippen LogP contribution in [0.3, 0.4) is 0 Å². The van der Waals surface area contributed by atoms with E-state index < -0.39 is 0 Å². The topological polar surface area (TPSA) is 93.2 Å². The number of amides is 1. The smallest absolute Gasteiger partial charge is 0.274 e. The predicted molar refractivity (Wildman–Crippen MR) is 124 cm³/mol. The number of aromatic nitrogens is 6. The molecule has 1 amide bonds. The van der Waals surface area contributed by atoms with E-state index in [-0.39, 0.29) is 5.91 Å². The summed E-state index contributed by atoms with van der Waals surface area (Å²) in [7, 11) is 1.74. The number of hydrogen-bond acceptors (Lipinski definition) is 6. The molecule has 0 aromatic carbocycles. The Hall–Kier alpha value is -4.53. The van der Waals surface area contributed by atoms with Crippen LogP contribution in [0.15, 0.2) is 85.8 Å². The molecule has 9 heteroatoms. The minimum absolute atomic E-state index is 0.182. The Morgan fingerprint density at radius 3 is 2.79 bits per heavy atom. The molecule has 164 valence electrons. The molecule has 0 bridgehead atoms. The van der Waals surface area contributed by atoms with Crippen LogP contribution in [0, 0.1) is 0 Å². The van der Waals surface area contributed by atoms with Crippen LogP contribution in [-0.2, 0) is 13.1 Å². The Labute approximate surface area is 190 Å². The van der Waals surface area contributed by atoms with E-state index in [1.165, 1.54) is 0 Å². The summed E-state index contributed by atoms with van der Waals surface area (Å²) in [4.78, 5) is 32.1. The zero-order valence-electron chi connectivity index (χ0n) is 18.0. The number of carbonyl (C=O) groups is 1. The van der Waals surface area contributed by atoms with Gasteiger partial charge in [-0.15, -0.1) is 0 Å². The van der Waals surface area contributed by atoms with Crippen molar-refractivity contribution in [2.24, 2.45) is 0 Å². The number of pyridine rings is 3. The van der Waals surface area contributed by atoms with Crippen molar-refractivity contribution in [3.8, 4) is 5.95 Å². The minimum Gasteiger partial charge on any atom is -0.378 e. The SMILES string of the molecule is CN(Cc1ccccn1)C(=O)c1cn(-c2nc(CNc3cccnc3)c3ccccn23)cn1. The first-order valence-electron chi connectivity index (χ1n) is 10.5. The van der Waals surface area contributed by atoms with Gasteiger partial charge in [-0.3, -0.25) is 23.7 Å². The highest BCUT2D eigenvalue weighted by Crippen LogP contribution is 2.18. The highest BCUT2D eigenvalue weighted by molar-refractivity contribution is 5.92. The third-order valence-corrected chi connectivity index (χ3v) is 5.23. The number of carbonyl (C=O) groups excluding carboxylic acids is 1. The van der Waals surface area contributed by atoms with Crippen LogP contribution in [-0.4, -0.2) is 46.8 Å². The largest absolute Gasteiger partial charge is 0.378 e. The second-order valence-corrected chi connectivity index (χ2v) is 7.56. The minimum atomic E-state index is -0.182. The van der Waals surface area contributed by atoms with E-state index >= 15 is 0 Å². The molecule has 0 aliphatic rings. The average Bonchev–Trinajstić information content (AvgIpc) is 3.49. The first-order valence-corrected chi connectivity index (χ1v) is 10.5. The lowest BCUT2D eigenvalue weighted by Crippen LogP contribution is -2.26. The van der Waals surface area contributed by atoms with Gasteiger partial charge in [-0.25, -0.2) is 9.97 Å². The number of nitrogens with one attached hydrogen (secondary N) is 1. The Balaban J connectivity index is 1.39. The monoisotopic (exact) mass is 438 g/mol. The van der Waals surface area contributed by atoms with E-state index in [4.69, 9.17) is 4.98 Å². The third-order valence-electron chi connectivity index (χ3n) is 5.23. The van der Waals surface area contributed by atoms with Crippen molar-refractivity contribution >= 4 is 17.1 Å². The summed E-state index contributed by atoms with van der Waals surface area (Å²) in [5.74, 6) is 0.478. The maximum atomic E-state index is 12.9. The van der Waals surface area contributed by atoms with E-state index in [2.05, 4.69) is 20.3 Å². The first kappa shape index (κ1) is 20.4. The summed E-state index contributed by atoms with van der Waals surface area (Å²) < 4.78 is 3.75. The Morgan fingerprint density at radius 2 is 1.97 bits per heavy atom. The van der Waals surface area contributed by atoms with Gasteiger partial charge in [0.25, 0.3) is 5.91 Å². The van der Waals surface area contributed by atoms with Crippen LogP contribution >= 0.6 is 0 Å². The van der Waals surface area contributed by atoms with Crippen molar-refractivity contribution in [1.82, 2.24) is 33.8 Å². The van der Waals surface area contributed by atoms with E-state index in [1.54, 1.807) is 47.6 Å². The fourth-order valence-electron chi connectivity index (χ4n) is 3.59. The number of nitrogens with zero attached hydrogens (tertiary/aromatic N) is 7. The van der Waals surface area contributed by atoms with Gasteiger partial charge < -0.3 is 10.2 Å². The number of fused-ring (bicyclic) bond motifs is 1. The zero-order chi connectivity index (χ0) is 22.6. The molecule has 0 aliphatic heterocycles. The second kappa shape index (κ2) is 8.91. The van der Waals surface area contributed by atoms with Crippen molar-refractivity contribution in [2.45, 2.75) is 13.1 Å². The summed E-state index contributed by atoms with van der Waals surface area (Å²) in [5.41, 5.74) is 3.93. The summed E-state index contributed by atoms with van der Waals surface area (Å²) in [6.07, 6.45) is 10.5. The normalized spacial score (nSPS) is 10.9. The fourth-order valence-corrected chi connectivity index (χ4v) is 3.59. The van der Waals surface area contributed by atoms with Gasteiger partial charge in [0.05, 0.1) is 35.7 Å². The molecule has 5 rings (SSSR count). The number of rotatable bonds is 7. The third kappa shape index (κ3) is 4.29. The van der Waals surface area contributed by atoms with Crippen LogP contribution in [0.5, 0.6) is 0 Å². The molecule has 0 saturated heterocycles. The molecule has 9 nitrogen and oxygen atoms in total. The van der Waals surface area contributed by atoms with Crippen molar-refractivity contribution in [3.63, 3.8) is 0 Å². The second-order valence-electron chi connectivity index (χ2n) is 7.56. The summed E-state index contributed by atoms with van der Waals surface area (Å²) >= 11 is 0. The van der Waals surface area contributed by atoms with E-state index in [0.717, 1.165) is 22.6 Å². The Kier molecular flexibility index (Phi) is 5.50. The van der Waals surface area contributed by atoms with Crippen molar-refractivity contribution in [2.75, 3.05) is 12.4 Å². The predicted octanol–water partition coefficient (Wildman–Crippen LogP) is 3.19. The van der Waals surface area contributed by atoms with Gasteiger partial charge in [0.2, 0.25) is 5.95 Å². The van der Waals surface area contributed by atoms with Gasteiger partial charge in [0, 0.05) is 38.0 Å². The fraction of sp³-hybridized carbons (Fsp3) is 0.125. The van der Waals surface area contributed by atoms with Crippen molar-refractivity contribution in [3.05, 3.63) is 103 Å². The molecule has 0 unspecified atom stereocenters. The molecule has 0 aliphatic carbocycles. The van der Waals surface area contributed by atoms with Crippen molar-refractivity contribution < 1.29 is 4.79 Å². The zero-order valence-corrected chi connectivity index (χ0v) is 18.0. The van der Waals surface area contributed by atoms with Gasteiger partial charge in [-0.2, -0.15) is 0 Å². The van der Waals surface area contributed by atoms with Crippen molar-refractivity contribution in [1.29, 1.82) is 0 Å². The van der Waals surface area contributed by atoms with Crippen LogP contribution in [0.25, 0.3) is 11.5 Å². The lowest BCUT2D eigenvalue weighted by molar-refractivity contribution is 0.0778.